The first-order valence-corrected chi connectivity index (χ1v) is 5.75. The van der Waals surface area contributed by atoms with Gasteiger partial charge in [-0.25, -0.2) is 0 Å². The molecule has 0 fully saturated rings. The second-order valence-corrected chi connectivity index (χ2v) is 4.33. The van der Waals surface area contributed by atoms with E-state index in [1.54, 1.807) is 6.07 Å². The Morgan fingerprint density at radius 1 is 1.47 bits per heavy atom. The first-order valence-electron chi connectivity index (χ1n) is 5.38. The highest BCUT2D eigenvalue weighted by atomic mass is 35.5. The van der Waals surface area contributed by atoms with E-state index in [4.69, 9.17) is 31.5 Å². The molecule has 1 aromatic carbocycles. The average Bonchev–Trinajstić information content (AvgIpc) is 2.68. The summed E-state index contributed by atoms with van der Waals surface area (Å²) in [7, 11) is -1.06. The first kappa shape index (κ1) is 11.2. The molecule has 3 N–H and O–H groups in total. The van der Waals surface area contributed by atoms with Crippen LogP contribution in [0, 0.1) is 0 Å². The van der Waals surface area contributed by atoms with Crippen LogP contribution in [0.3, 0.4) is 0 Å². The zero-order chi connectivity index (χ0) is 12.0. The Kier molecular flexibility index (Phi) is 2.67. The lowest BCUT2D eigenvalue weighted by Gasteiger charge is -2.22. The van der Waals surface area contributed by atoms with Gasteiger partial charge < -0.3 is 24.9 Å². The Morgan fingerprint density at radius 2 is 2.24 bits per heavy atom. The molecule has 0 bridgehead atoms. The molecule has 7 heteroatoms. The summed E-state index contributed by atoms with van der Waals surface area (Å²) in [4.78, 5) is 0. The SMILES string of the molecule is NC[C@H]1OB(O)c2c3c(cc(Cl)c21)OCCO3. The Bertz CT molecular complexity index is 470. The standard InChI is InChI=1S/C10H11BClNO4/c12-5-3-6-10(16-2-1-15-6)9-8(5)7(4-13)17-11(9)14/h3,7,14H,1-2,4,13H2/t7-/m1/s1. The van der Waals surface area contributed by atoms with Gasteiger partial charge in [-0.1, -0.05) is 11.6 Å². The van der Waals surface area contributed by atoms with Gasteiger partial charge in [-0.15, -0.1) is 0 Å². The van der Waals surface area contributed by atoms with Gasteiger partial charge in [-0.05, 0) is 0 Å². The van der Waals surface area contributed by atoms with E-state index in [1.165, 1.54) is 0 Å². The third-order valence-electron chi connectivity index (χ3n) is 2.94. The van der Waals surface area contributed by atoms with Crippen molar-refractivity contribution in [1.29, 1.82) is 0 Å². The fourth-order valence-electron chi connectivity index (χ4n) is 2.23. The molecule has 0 amide bonds. The smallest absolute Gasteiger partial charge is 0.486 e. The molecule has 1 atom stereocenters. The zero-order valence-electron chi connectivity index (χ0n) is 8.98. The largest absolute Gasteiger partial charge is 0.496 e. The number of nitrogens with two attached hydrogens (primary N) is 1. The number of halogens is 1. The van der Waals surface area contributed by atoms with Crippen LogP contribution in [0.25, 0.3) is 0 Å². The van der Waals surface area contributed by atoms with Gasteiger partial charge in [0.25, 0.3) is 0 Å². The van der Waals surface area contributed by atoms with E-state index in [9.17, 15) is 5.02 Å². The highest BCUT2D eigenvalue weighted by molar-refractivity contribution is 6.63. The van der Waals surface area contributed by atoms with Gasteiger partial charge in [0, 0.05) is 28.7 Å². The van der Waals surface area contributed by atoms with Crippen molar-refractivity contribution >= 4 is 24.2 Å². The lowest BCUT2D eigenvalue weighted by atomic mass is 9.78. The van der Waals surface area contributed by atoms with Crippen molar-refractivity contribution in [2.75, 3.05) is 19.8 Å². The van der Waals surface area contributed by atoms with Crippen LogP contribution in [0.2, 0.25) is 5.02 Å². The molecule has 2 aliphatic heterocycles. The van der Waals surface area contributed by atoms with Gasteiger partial charge in [0.15, 0.2) is 11.5 Å². The van der Waals surface area contributed by atoms with E-state index in [-0.39, 0.29) is 6.54 Å². The Labute approximate surface area is 104 Å². The van der Waals surface area contributed by atoms with E-state index in [1.807, 2.05) is 0 Å². The van der Waals surface area contributed by atoms with E-state index in [2.05, 4.69) is 0 Å². The Morgan fingerprint density at radius 3 is 3.00 bits per heavy atom. The quantitative estimate of drug-likeness (QED) is 0.682. The number of hydrogen-bond donors (Lipinski definition) is 2. The van der Waals surface area contributed by atoms with Crippen molar-refractivity contribution in [1.82, 2.24) is 0 Å². The number of benzene rings is 1. The molecule has 3 rings (SSSR count). The van der Waals surface area contributed by atoms with Gasteiger partial charge >= 0.3 is 7.12 Å². The highest BCUT2D eigenvalue weighted by Gasteiger charge is 2.41. The van der Waals surface area contributed by atoms with Crippen molar-refractivity contribution in [2.45, 2.75) is 6.10 Å². The number of rotatable bonds is 1. The van der Waals surface area contributed by atoms with Crippen LogP contribution in [-0.4, -0.2) is 31.9 Å². The second-order valence-electron chi connectivity index (χ2n) is 3.92. The number of ether oxygens (including phenoxy) is 2. The third-order valence-corrected chi connectivity index (χ3v) is 3.25. The first-order chi connectivity index (χ1) is 8.22. The third kappa shape index (κ3) is 1.60. The Balaban J connectivity index is 2.20. The van der Waals surface area contributed by atoms with Gasteiger partial charge in [-0.3, -0.25) is 0 Å². The summed E-state index contributed by atoms with van der Waals surface area (Å²) in [5.74, 6) is 1.06. The summed E-state index contributed by atoms with van der Waals surface area (Å²) in [5.41, 5.74) is 6.83. The molecule has 0 aliphatic carbocycles. The van der Waals surface area contributed by atoms with Gasteiger partial charge in [-0.2, -0.15) is 0 Å². The maximum Gasteiger partial charge on any atom is 0.496 e. The molecule has 2 heterocycles. The van der Waals surface area contributed by atoms with Crippen LogP contribution < -0.4 is 20.7 Å². The maximum atomic E-state index is 9.89. The zero-order valence-corrected chi connectivity index (χ0v) is 9.74. The highest BCUT2D eigenvalue weighted by Crippen LogP contribution is 2.40. The van der Waals surface area contributed by atoms with E-state index >= 15 is 0 Å². The maximum absolute atomic E-state index is 9.89. The summed E-state index contributed by atoms with van der Waals surface area (Å²) in [6, 6.07) is 1.68. The molecule has 0 saturated heterocycles. The van der Waals surface area contributed by atoms with E-state index < -0.39 is 13.2 Å². The molecule has 0 radical (unpaired) electrons. The van der Waals surface area contributed by atoms with Gasteiger partial charge in [0.05, 0.1) is 6.10 Å². The fourth-order valence-corrected chi connectivity index (χ4v) is 2.55. The minimum Gasteiger partial charge on any atom is -0.486 e. The molecule has 90 valence electrons. The predicted octanol–water partition coefficient (Wildman–Crippen LogP) is -0.171. The summed E-state index contributed by atoms with van der Waals surface area (Å²) in [6.07, 6.45) is -0.400. The molecule has 0 spiro atoms. The monoisotopic (exact) mass is 255 g/mol. The summed E-state index contributed by atoms with van der Waals surface area (Å²) < 4.78 is 16.3. The van der Waals surface area contributed by atoms with Crippen molar-refractivity contribution < 1.29 is 19.2 Å². The van der Waals surface area contributed by atoms with Crippen molar-refractivity contribution in [2.24, 2.45) is 5.73 Å². The Hall–Kier alpha value is -0.945. The van der Waals surface area contributed by atoms with Crippen LogP contribution in [0.4, 0.5) is 0 Å². The normalized spacial score (nSPS) is 21.6. The lowest BCUT2D eigenvalue weighted by Crippen LogP contribution is -2.32. The van der Waals surface area contributed by atoms with Crippen LogP contribution >= 0.6 is 11.6 Å². The minimum absolute atomic E-state index is 0.253. The topological polar surface area (TPSA) is 73.9 Å². The fraction of sp³-hybridized carbons (Fsp3) is 0.400. The molecule has 17 heavy (non-hydrogen) atoms. The summed E-state index contributed by atoms with van der Waals surface area (Å²) in [6.45, 7) is 1.17. The van der Waals surface area contributed by atoms with Crippen LogP contribution in [0.1, 0.15) is 11.7 Å². The molecule has 2 aliphatic rings. The van der Waals surface area contributed by atoms with Gasteiger partial charge in [0.2, 0.25) is 0 Å². The number of hydrogen-bond acceptors (Lipinski definition) is 5. The molecule has 0 saturated carbocycles. The van der Waals surface area contributed by atoms with Gasteiger partial charge in [0.1, 0.15) is 13.2 Å². The number of fused-ring (bicyclic) bond motifs is 3. The molecule has 0 aromatic heterocycles. The van der Waals surface area contributed by atoms with Crippen molar-refractivity contribution in [3.8, 4) is 11.5 Å². The second kappa shape index (κ2) is 4.06. The van der Waals surface area contributed by atoms with Crippen LogP contribution in [0.5, 0.6) is 11.5 Å². The average molecular weight is 255 g/mol. The molecule has 1 aromatic rings. The molecule has 0 unspecified atom stereocenters. The molecular weight excluding hydrogens is 244 g/mol. The van der Waals surface area contributed by atoms with Crippen molar-refractivity contribution in [3.05, 3.63) is 16.7 Å². The van der Waals surface area contributed by atoms with E-state index in [0.717, 1.165) is 0 Å². The molecule has 5 nitrogen and oxygen atoms in total. The van der Waals surface area contributed by atoms with E-state index in [0.29, 0.717) is 40.8 Å². The molecular formula is C10H11BClNO4. The minimum atomic E-state index is -1.06. The van der Waals surface area contributed by atoms with Crippen molar-refractivity contribution in [3.63, 3.8) is 0 Å². The van der Waals surface area contributed by atoms with Crippen LogP contribution in [0.15, 0.2) is 6.07 Å². The predicted molar refractivity (Wildman–Crippen MR) is 62.9 cm³/mol. The lowest BCUT2D eigenvalue weighted by molar-refractivity contribution is 0.173. The van der Waals surface area contributed by atoms with Crippen LogP contribution in [-0.2, 0) is 4.65 Å². The summed E-state index contributed by atoms with van der Waals surface area (Å²) >= 11 is 6.16. The summed E-state index contributed by atoms with van der Waals surface area (Å²) in [5, 5.41) is 10.4.